The lowest BCUT2D eigenvalue weighted by atomic mass is 10.0. The molecule has 2 aromatic carbocycles. The van der Waals surface area contributed by atoms with Crippen molar-refractivity contribution in [3.8, 4) is 16.9 Å². The average molecular weight is 269 g/mol. The highest BCUT2D eigenvalue weighted by atomic mass is 16.5. The molecule has 0 aliphatic carbocycles. The van der Waals surface area contributed by atoms with Crippen molar-refractivity contribution in [1.82, 2.24) is 0 Å². The highest BCUT2D eigenvalue weighted by Gasteiger charge is 2.00. The van der Waals surface area contributed by atoms with Crippen molar-refractivity contribution in [3.05, 3.63) is 54.1 Å². The fourth-order valence-corrected chi connectivity index (χ4v) is 2.14. The van der Waals surface area contributed by atoms with E-state index in [1.165, 1.54) is 24.0 Å². The molecular weight excluding hydrogens is 246 g/mol. The Morgan fingerprint density at radius 2 is 1.75 bits per heavy atom. The van der Waals surface area contributed by atoms with E-state index in [1.807, 2.05) is 12.1 Å². The van der Waals surface area contributed by atoms with Crippen molar-refractivity contribution in [3.63, 3.8) is 0 Å². The van der Waals surface area contributed by atoms with Gasteiger partial charge in [-0.1, -0.05) is 56.2 Å². The Kier molecular flexibility index (Phi) is 5.63. The first kappa shape index (κ1) is 14.6. The van der Waals surface area contributed by atoms with Crippen LogP contribution in [-0.2, 0) is 6.54 Å². The van der Waals surface area contributed by atoms with Crippen molar-refractivity contribution in [2.75, 3.05) is 6.61 Å². The molecule has 0 fully saturated rings. The van der Waals surface area contributed by atoms with Gasteiger partial charge in [-0.3, -0.25) is 0 Å². The fourth-order valence-electron chi connectivity index (χ4n) is 2.14. The minimum Gasteiger partial charge on any atom is -0.494 e. The van der Waals surface area contributed by atoms with E-state index in [0.29, 0.717) is 6.54 Å². The standard InChI is InChI=1S/C18H23NO/c1-2-3-4-12-20-18-7-5-6-17(13-18)16-10-8-15(14-19)9-11-16/h5-11,13H,2-4,12,14,19H2,1H3. The first-order valence-electron chi connectivity index (χ1n) is 7.35. The van der Waals surface area contributed by atoms with Crippen LogP contribution >= 0.6 is 0 Å². The zero-order valence-electron chi connectivity index (χ0n) is 12.1. The molecule has 0 atom stereocenters. The molecule has 20 heavy (non-hydrogen) atoms. The van der Waals surface area contributed by atoms with Crippen molar-refractivity contribution < 1.29 is 4.74 Å². The number of unbranched alkanes of at least 4 members (excludes halogenated alkanes) is 2. The molecule has 2 nitrogen and oxygen atoms in total. The number of nitrogens with two attached hydrogens (primary N) is 1. The van der Waals surface area contributed by atoms with Gasteiger partial charge in [-0.05, 0) is 35.2 Å². The first-order valence-corrected chi connectivity index (χ1v) is 7.35. The molecule has 0 amide bonds. The smallest absolute Gasteiger partial charge is 0.119 e. The summed E-state index contributed by atoms with van der Waals surface area (Å²) in [5.74, 6) is 0.946. The van der Waals surface area contributed by atoms with Crippen LogP contribution in [0, 0.1) is 0 Å². The molecule has 106 valence electrons. The SMILES string of the molecule is CCCCCOc1cccc(-c2ccc(CN)cc2)c1. The topological polar surface area (TPSA) is 35.2 Å². The summed E-state index contributed by atoms with van der Waals surface area (Å²) >= 11 is 0. The molecule has 2 rings (SSSR count). The number of benzene rings is 2. The van der Waals surface area contributed by atoms with Crippen LogP contribution in [0.3, 0.4) is 0 Å². The van der Waals surface area contributed by atoms with Gasteiger partial charge in [0.15, 0.2) is 0 Å². The maximum absolute atomic E-state index is 5.80. The third-order valence-electron chi connectivity index (χ3n) is 3.37. The second kappa shape index (κ2) is 7.71. The highest BCUT2D eigenvalue weighted by Crippen LogP contribution is 2.24. The van der Waals surface area contributed by atoms with E-state index in [0.717, 1.165) is 24.3 Å². The third-order valence-corrected chi connectivity index (χ3v) is 3.37. The van der Waals surface area contributed by atoms with Gasteiger partial charge in [-0.25, -0.2) is 0 Å². The number of hydrogen-bond donors (Lipinski definition) is 1. The lowest BCUT2D eigenvalue weighted by molar-refractivity contribution is 0.306. The van der Waals surface area contributed by atoms with Gasteiger partial charge in [0.05, 0.1) is 6.61 Å². The van der Waals surface area contributed by atoms with Gasteiger partial charge in [0.25, 0.3) is 0 Å². The van der Waals surface area contributed by atoms with Crippen LogP contribution in [0.25, 0.3) is 11.1 Å². The summed E-state index contributed by atoms with van der Waals surface area (Å²) in [4.78, 5) is 0. The van der Waals surface area contributed by atoms with E-state index in [9.17, 15) is 0 Å². The Balaban J connectivity index is 2.04. The van der Waals surface area contributed by atoms with E-state index in [1.54, 1.807) is 0 Å². The largest absolute Gasteiger partial charge is 0.494 e. The monoisotopic (exact) mass is 269 g/mol. The summed E-state index contributed by atoms with van der Waals surface area (Å²) in [5, 5.41) is 0. The maximum atomic E-state index is 5.80. The second-order valence-electron chi connectivity index (χ2n) is 4.98. The maximum Gasteiger partial charge on any atom is 0.119 e. The molecule has 0 aliphatic heterocycles. The Labute approximate surface area is 121 Å². The third kappa shape index (κ3) is 4.10. The minimum atomic E-state index is 0.584. The average Bonchev–Trinajstić information content (AvgIpc) is 2.52. The fraction of sp³-hybridized carbons (Fsp3) is 0.333. The van der Waals surface area contributed by atoms with Crippen LogP contribution in [0.2, 0.25) is 0 Å². The van der Waals surface area contributed by atoms with E-state index in [4.69, 9.17) is 10.5 Å². The van der Waals surface area contributed by atoms with E-state index in [2.05, 4.69) is 43.3 Å². The first-order chi connectivity index (χ1) is 9.83. The van der Waals surface area contributed by atoms with Crippen LogP contribution in [0.5, 0.6) is 5.75 Å². The van der Waals surface area contributed by atoms with Crippen LogP contribution in [0.1, 0.15) is 31.7 Å². The van der Waals surface area contributed by atoms with Crippen LogP contribution < -0.4 is 10.5 Å². The Hall–Kier alpha value is -1.80. The zero-order valence-corrected chi connectivity index (χ0v) is 12.1. The molecule has 0 unspecified atom stereocenters. The Bertz CT molecular complexity index is 519. The molecule has 0 radical (unpaired) electrons. The van der Waals surface area contributed by atoms with Gasteiger partial charge in [0.2, 0.25) is 0 Å². The Morgan fingerprint density at radius 3 is 2.45 bits per heavy atom. The van der Waals surface area contributed by atoms with Crippen molar-refractivity contribution in [1.29, 1.82) is 0 Å². The van der Waals surface area contributed by atoms with Crippen LogP contribution in [0.15, 0.2) is 48.5 Å². The molecule has 0 bridgehead atoms. The van der Waals surface area contributed by atoms with E-state index < -0.39 is 0 Å². The van der Waals surface area contributed by atoms with Crippen molar-refractivity contribution >= 4 is 0 Å². The predicted octanol–water partition coefficient (Wildman–Crippen LogP) is 4.38. The van der Waals surface area contributed by atoms with E-state index in [-0.39, 0.29) is 0 Å². The van der Waals surface area contributed by atoms with Gasteiger partial charge >= 0.3 is 0 Å². The highest BCUT2D eigenvalue weighted by molar-refractivity contribution is 5.65. The van der Waals surface area contributed by atoms with Crippen LogP contribution in [-0.4, -0.2) is 6.61 Å². The van der Waals surface area contributed by atoms with Crippen LogP contribution in [0.4, 0.5) is 0 Å². The normalized spacial score (nSPS) is 10.5. The molecule has 0 spiro atoms. The summed E-state index contributed by atoms with van der Waals surface area (Å²) in [6.45, 7) is 3.58. The molecular formula is C18H23NO. The Morgan fingerprint density at radius 1 is 0.950 bits per heavy atom. The molecule has 0 aromatic heterocycles. The number of ether oxygens (including phenoxy) is 1. The lowest BCUT2D eigenvalue weighted by Gasteiger charge is -2.08. The minimum absolute atomic E-state index is 0.584. The molecule has 2 N–H and O–H groups in total. The quantitative estimate of drug-likeness (QED) is 0.757. The molecule has 0 saturated heterocycles. The van der Waals surface area contributed by atoms with Crippen molar-refractivity contribution in [2.24, 2.45) is 5.73 Å². The molecule has 0 saturated carbocycles. The molecule has 2 aromatic rings. The summed E-state index contributed by atoms with van der Waals surface area (Å²) in [6.07, 6.45) is 3.56. The summed E-state index contributed by atoms with van der Waals surface area (Å²) < 4.78 is 5.80. The van der Waals surface area contributed by atoms with Crippen molar-refractivity contribution in [2.45, 2.75) is 32.7 Å². The van der Waals surface area contributed by atoms with Gasteiger partial charge in [-0.15, -0.1) is 0 Å². The number of hydrogen-bond acceptors (Lipinski definition) is 2. The molecule has 0 heterocycles. The van der Waals surface area contributed by atoms with Gasteiger partial charge in [0.1, 0.15) is 5.75 Å². The lowest BCUT2D eigenvalue weighted by Crippen LogP contribution is -1.97. The summed E-state index contributed by atoms with van der Waals surface area (Å²) in [7, 11) is 0. The second-order valence-corrected chi connectivity index (χ2v) is 4.98. The molecule has 2 heteroatoms. The van der Waals surface area contributed by atoms with Gasteiger partial charge in [-0.2, -0.15) is 0 Å². The van der Waals surface area contributed by atoms with Gasteiger partial charge < -0.3 is 10.5 Å². The van der Waals surface area contributed by atoms with E-state index >= 15 is 0 Å². The zero-order chi connectivity index (χ0) is 14.2. The summed E-state index contributed by atoms with van der Waals surface area (Å²) in [6, 6.07) is 16.6. The summed E-state index contributed by atoms with van der Waals surface area (Å²) in [5.41, 5.74) is 9.15. The predicted molar refractivity (Wildman–Crippen MR) is 84.8 cm³/mol. The molecule has 0 aliphatic rings. The van der Waals surface area contributed by atoms with Gasteiger partial charge in [0, 0.05) is 6.54 Å². The number of rotatable bonds is 7.